The minimum absolute atomic E-state index is 0.123. The van der Waals surface area contributed by atoms with Crippen molar-refractivity contribution in [1.29, 1.82) is 0 Å². The second-order valence-corrected chi connectivity index (χ2v) is 6.34. The highest BCUT2D eigenvalue weighted by Crippen LogP contribution is 2.28. The van der Waals surface area contributed by atoms with Crippen LogP contribution >= 0.6 is 0 Å². The van der Waals surface area contributed by atoms with E-state index in [0.717, 1.165) is 12.8 Å². The molecular formula is C19H28N2O6. The van der Waals surface area contributed by atoms with E-state index >= 15 is 0 Å². The highest BCUT2D eigenvalue weighted by molar-refractivity contribution is 5.80. The normalized spacial score (nSPS) is 13.1. The first-order valence-electron chi connectivity index (χ1n) is 9.15. The Morgan fingerprint density at radius 1 is 1.04 bits per heavy atom. The number of rotatable bonds is 12. The van der Waals surface area contributed by atoms with Crippen LogP contribution < -0.4 is 9.47 Å². The molecule has 1 aliphatic rings. The summed E-state index contributed by atoms with van der Waals surface area (Å²) in [5, 5.41) is 18.1. The Bertz CT molecular complexity index is 614. The highest BCUT2D eigenvalue weighted by atomic mass is 16.5. The van der Waals surface area contributed by atoms with E-state index in [0.29, 0.717) is 18.0 Å². The molecule has 8 nitrogen and oxygen atoms in total. The summed E-state index contributed by atoms with van der Waals surface area (Å²) in [6.07, 6.45) is 1.99. The lowest BCUT2D eigenvalue weighted by Gasteiger charge is -2.25. The molecule has 1 aromatic carbocycles. The molecule has 27 heavy (non-hydrogen) atoms. The van der Waals surface area contributed by atoms with Crippen molar-refractivity contribution < 1.29 is 29.3 Å². The van der Waals surface area contributed by atoms with Crippen LogP contribution in [0.1, 0.15) is 19.3 Å². The second kappa shape index (κ2) is 10.7. The molecule has 0 heterocycles. The van der Waals surface area contributed by atoms with Gasteiger partial charge in [-0.05, 0) is 25.0 Å². The van der Waals surface area contributed by atoms with Crippen LogP contribution in [0.15, 0.2) is 24.3 Å². The van der Waals surface area contributed by atoms with Crippen molar-refractivity contribution in [2.75, 3.05) is 46.6 Å². The third-order valence-electron chi connectivity index (χ3n) is 4.39. The van der Waals surface area contributed by atoms with Crippen molar-refractivity contribution in [3.8, 4) is 11.5 Å². The van der Waals surface area contributed by atoms with Crippen LogP contribution in [0.5, 0.6) is 11.5 Å². The fourth-order valence-corrected chi connectivity index (χ4v) is 2.83. The van der Waals surface area contributed by atoms with Gasteiger partial charge in [0.25, 0.3) is 5.91 Å². The van der Waals surface area contributed by atoms with E-state index in [9.17, 15) is 9.59 Å². The third kappa shape index (κ3) is 6.41. The predicted molar refractivity (Wildman–Crippen MR) is 98.6 cm³/mol. The Kier molecular flexibility index (Phi) is 8.35. The topological polar surface area (TPSA) is 99.5 Å². The molecule has 8 heteroatoms. The van der Waals surface area contributed by atoms with Gasteiger partial charge in [-0.3, -0.25) is 9.59 Å². The minimum atomic E-state index is -0.192. The maximum absolute atomic E-state index is 12.6. The van der Waals surface area contributed by atoms with Crippen LogP contribution in [0.25, 0.3) is 0 Å². The summed E-state index contributed by atoms with van der Waals surface area (Å²) < 4.78 is 10.8. The van der Waals surface area contributed by atoms with Gasteiger partial charge in [-0.15, -0.1) is 0 Å². The van der Waals surface area contributed by atoms with Gasteiger partial charge in [-0.1, -0.05) is 12.1 Å². The van der Waals surface area contributed by atoms with Gasteiger partial charge in [0.1, 0.15) is 0 Å². The Morgan fingerprint density at radius 2 is 1.67 bits per heavy atom. The number of carbonyl (C=O) groups excluding carboxylic acids is 2. The van der Waals surface area contributed by atoms with Crippen LogP contribution in [-0.4, -0.2) is 84.4 Å². The highest BCUT2D eigenvalue weighted by Gasteiger charge is 2.33. The van der Waals surface area contributed by atoms with Crippen molar-refractivity contribution in [2.45, 2.75) is 25.3 Å². The average Bonchev–Trinajstić information content (AvgIpc) is 3.51. The molecule has 2 N–H and O–H groups in total. The van der Waals surface area contributed by atoms with E-state index < -0.39 is 0 Å². The van der Waals surface area contributed by atoms with Gasteiger partial charge >= 0.3 is 0 Å². The minimum Gasteiger partial charge on any atom is -0.493 e. The van der Waals surface area contributed by atoms with Crippen molar-refractivity contribution in [3.63, 3.8) is 0 Å². The number of methoxy groups -OCH3 is 1. The summed E-state index contributed by atoms with van der Waals surface area (Å²) in [4.78, 5) is 27.9. The number of nitrogens with zero attached hydrogens (tertiary/aromatic N) is 2. The molecule has 2 amide bonds. The Balaban J connectivity index is 1.88. The number of aliphatic hydroxyl groups is 2. The fraction of sp³-hybridized carbons (Fsp3) is 0.579. The van der Waals surface area contributed by atoms with E-state index in [1.54, 1.807) is 23.1 Å². The van der Waals surface area contributed by atoms with Gasteiger partial charge in [-0.25, -0.2) is 0 Å². The van der Waals surface area contributed by atoms with Crippen LogP contribution in [-0.2, 0) is 9.59 Å². The van der Waals surface area contributed by atoms with Crippen molar-refractivity contribution in [3.05, 3.63) is 24.3 Å². The maximum atomic E-state index is 12.6. The molecular weight excluding hydrogens is 352 g/mol. The number of carbonyl (C=O) groups is 2. The van der Waals surface area contributed by atoms with Crippen molar-refractivity contribution in [2.24, 2.45) is 0 Å². The molecule has 0 saturated heterocycles. The quantitative estimate of drug-likeness (QED) is 0.540. The summed E-state index contributed by atoms with van der Waals surface area (Å²) in [7, 11) is 1.54. The molecule has 1 aliphatic carbocycles. The van der Waals surface area contributed by atoms with E-state index in [1.165, 1.54) is 12.0 Å². The standard InChI is InChI=1S/C19H28N2O6/c1-26-16-4-2-3-5-17(16)27-14-19(25)21(15-6-7-15)9-8-18(24)20(10-12-22)11-13-23/h2-5,15,22-23H,6-14H2,1H3. The zero-order valence-corrected chi connectivity index (χ0v) is 15.7. The average molecular weight is 380 g/mol. The molecule has 1 aromatic rings. The van der Waals surface area contributed by atoms with E-state index in [4.69, 9.17) is 19.7 Å². The number of para-hydroxylation sites is 2. The van der Waals surface area contributed by atoms with Crippen LogP contribution in [0, 0.1) is 0 Å². The van der Waals surface area contributed by atoms with Crippen molar-refractivity contribution in [1.82, 2.24) is 9.80 Å². The zero-order chi connectivity index (χ0) is 19.6. The smallest absolute Gasteiger partial charge is 0.260 e. The molecule has 0 aromatic heterocycles. The van der Waals surface area contributed by atoms with Gasteiger partial charge in [0.15, 0.2) is 18.1 Å². The molecule has 0 atom stereocenters. The second-order valence-electron chi connectivity index (χ2n) is 6.34. The maximum Gasteiger partial charge on any atom is 0.260 e. The van der Waals surface area contributed by atoms with E-state index in [2.05, 4.69) is 0 Å². The molecule has 150 valence electrons. The first kappa shape index (κ1) is 21.0. The Morgan fingerprint density at radius 3 is 2.22 bits per heavy atom. The fourth-order valence-electron chi connectivity index (χ4n) is 2.83. The summed E-state index contributed by atoms with van der Waals surface area (Å²) in [5.41, 5.74) is 0. The van der Waals surface area contributed by atoms with Gasteiger partial charge < -0.3 is 29.5 Å². The zero-order valence-electron chi connectivity index (χ0n) is 15.7. The first-order chi connectivity index (χ1) is 13.1. The summed E-state index contributed by atoms with van der Waals surface area (Å²) >= 11 is 0. The van der Waals surface area contributed by atoms with E-state index in [1.807, 2.05) is 6.07 Å². The lowest BCUT2D eigenvalue weighted by molar-refractivity contribution is -0.136. The molecule has 0 radical (unpaired) electrons. The lowest BCUT2D eigenvalue weighted by Crippen LogP contribution is -2.41. The summed E-state index contributed by atoms with van der Waals surface area (Å²) in [5.74, 6) is 0.689. The molecule has 0 unspecified atom stereocenters. The summed E-state index contributed by atoms with van der Waals surface area (Å²) in [6.45, 7) is 0.196. The predicted octanol–water partition coefficient (Wildman–Crippen LogP) is 0.268. The number of benzene rings is 1. The number of ether oxygens (including phenoxy) is 2. The number of amides is 2. The van der Waals surface area contributed by atoms with Gasteiger partial charge in [0.2, 0.25) is 5.91 Å². The monoisotopic (exact) mass is 380 g/mol. The largest absolute Gasteiger partial charge is 0.493 e. The third-order valence-corrected chi connectivity index (χ3v) is 4.39. The molecule has 0 aliphatic heterocycles. The van der Waals surface area contributed by atoms with Crippen LogP contribution in [0.2, 0.25) is 0 Å². The van der Waals surface area contributed by atoms with Gasteiger partial charge in [-0.2, -0.15) is 0 Å². The Hall–Kier alpha value is -2.32. The van der Waals surface area contributed by atoms with Crippen molar-refractivity contribution >= 4 is 11.8 Å². The molecule has 2 rings (SSSR count). The van der Waals surface area contributed by atoms with E-state index in [-0.39, 0.29) is 57.2 Å². The Labute approximate surface area is 159 Å². The lowest BCUT2D eigenvalue weighted by atomic mass is 10.3. The SMILES string of the molecule is COc1ccccc1OCC(=O)N(CCC(=O)N(CCO)CCO)C1CC1. The van der Waals surface area contributed by atoms with Gasteiger partial charge in [0.05, 0.1) is 20.3 Å². The first-order valence-corrected chi connectivity index (χ1v) is 9.15. The molecule has 0 spiro atoms. The molecule has 1 fully saturated rings. The van der Waals surface area contributed by atoms with Crippen LogP contribution in [0.4, 0.5) is 0 Å². The number of hydrogen-bond acceptors (Lipinski definition) is 6. The molecule has 1 saturated carbocycles. The summed E-state index contributed by atoms with van der Waals surface area (Å²) in [6, 6.07) is 7.26. The van der Waals surface area contributed by atoms with Gasteiger partial charge in [0, 0.05) is 32.1 Å². The van der Waals surface area contributed by atoms with Crippen LogP contribution in [0.3, 0.4) is 0 Å². The number of hydrogen-bond donors (Lipinski definition) is 2. The number of aliphatic hydroxyl groups excluding tert-OH is 2. The molecule has 0 bridgehead atoms.